The van der Waals surface area contributed by atoms with Crippen molar-refractivity contribution in [1.29, 1.82) is 0 Å². The Bertz CT molecular complexity index is 971. The third-order valence-corrected chi connectivity index (χ3v) is 6.35. The molecule has 2 saturated heterocycles. The number of imide groups is 1. The molecular weight excluding hydrogens is 388 g/mol. The van der Waals surface area contributed by atoms with E-state index in [1.807, 2.05) is 49.5 Å². The topological polar surface area (TPSA) is 66.5 Å². The summed E-state index contributed by atoms with van der Waals surface area (Å²) in [5.74, 6) is -0.877. The van der Waals surface area contributed by atoms with Gasteiger partial charge in [0.25, 0.3) is 0 Å². The SMILES string of the molecule is CN1CCC[C@H](c2ccc(-c3cccc(C4CCC(=O)NC4=O)c3Cl)cc2)C1=O. The predicted octanol–water partition coefficient (Wildman–Crippen LogP) is 3.86. The number of nitrogens with zero attached hydrogens (tertiary/aromatic N) is 1. The van der Waals surface area contributed by atoms with Crippen molar-refractivity contribution in [3.63, 3.8) is 0 Å². The van der Waals surface area contributed by atoms with Gasteiger partial charge in [0.05, 0.1) is 16.9 Å². The summed E-state index contributed by atoms with van der Waals surface area (Å²) >= 11 is 6.68. The molecule has 29 heavy (non-hydrogen) atoms. The molecule has 0 aromatic heterocycles. The molecule has 1 N–H and O–H groups in total. The number of halogens is 1. The van der Waals surface area contributed by atoms with E-state index in [-0.39, 0.29) is 23.6 Å². The van der Waals surface area contributed by atoms with Gasteiger partial charge in [0.1, 0.15) is 0 Å². The summed E-state index contributed by atoms with van der Waals surface area (Å²) < 4.78 is 0. The molecule has 0 aliphatic carbocycles. The fourth-order valence-corrected chi connectivity index (χ4v) is 4.64. The average molecular weight is 411 g/mol. The summed E-state index contributed by atoms with van der Waals surface area (Å²) in [5.41, 5.74) is 3.53. The molecule has 2 aliphatic rings. The normalized spacial score (nSPS) is 22.6. The van der Waals surface area contributed by atoms with Gasteiger partial charge >= 0.3 is 0 Å². The van der Waals surface area contributed by atoms with Crippen LogP contribution in [0.2, 0.25) is 5.02 Å². The van der Waals surface area contributed by atoms with Gasteiger partial charge < -0.3 is 4.90 Å². The lowest BCUT2D eigenvalue weighted by molar-refractivity contribution is -0.135. The Morgan fingerprint density at radius 2 is 1.76 bits per heavy atom. The molecule has 5 nitrogen and oxygen atoms in total. The minimum absolute atomic E-state index is 0.0897. The minimum Gasteiger partial charge on any atom is -0.345 e. The number of likely N-dealkylation sites (N-methyl/N-ethyl adjacent to an activating group) is 1. The maximum atomic E-state index is 12.5. The van der Waals surface area contributed by atoms with Gasteiger partial charge in [0.15, 0.2) is 0 Å². The Labute approximate surface area is 175 Å². The molecule has 4 rings (SSSR count). The van der Waals surface area contributed by atoms with Gasteiger partial charge in [-0.15, -0.1) is 0 Å². The average Bonchev–Trinajstić information content (AvgIpc) is 2.71. The minimum atomic E-state index is -0.421. The number of nitrogens with one attached hydrogen (secondary N) is 1. The summed E-state index contributed by atoms with van der Waals surface area (Å²) in [7, 11) is 1.85. The number of carbonyl (C=O) groups excluding carboxylic acids is 3. The van der Waals surface area contributed by atoms with E-state index in [1.54, 1.807) is 4.90 Å². The van der Waals surface area contributed by atoms with Crippen molar-refractivity contribution in [3.05, 3.63) is 58.6 Å². The second-order valence-electron chi connectivity index (χ2n) is 7.79. The van der Waals surface area contributed by atoms with Crippen LogP contribution in [-0.2, 0) is 14.4 Å². The van der Waals surface area contributed by atoms with E-state index >= 15 is 0 Å². The highest BCUT2D eigenvalue weighted by molar-refractivity contribution is 6.34. The maximum absolute atomic E-state index is 12.5. The number of rotatable bonds is 3. The number of hydrogen-bond acceptors (Lipinski definition) is 3. The highest BCUT2D eigenvalue weighted by Crippen LogP contribution is 2.38. The summed E-state index contributed by atoms with van der Waals surface area (Å²) in [4.78, 5) is 37.9. The van der Waals surface area contributed by atoms with Crippen LogP contribution in [0.5, 0.6) is 0 Å². The van der Waals surface area contributed by atoms with E-state index < -0.39 is 5.92 Å². The number of benzene rings is 2. The molecule has 2 fully saturated rings. The van der Waals surface area contributed by atoms with E-state index in [0.717, 1.165) is 41.6 Å². The fourth-order valence-electron chi connectivity index (χ4n) is 4.27. The van der Waals surface area contributed by atoms with Crippen LogP contribution in [0.15, 0.2) is 42.5 Å². The van der Waals surface area contributed by atoms with Gasteiger partial charge in [-0.25, -0.2) is 0 Å². The van der Waals surface area contributed by atoms with Gasteiger partial charge in [0.2, 0.25) is 17.7 Å². The molecule has 0 radical (unpaired) electrons. The number of likely N-dealkylation sites (tertiary alicyclic amines) is 1. The van der Waals surface area contributed by atoms with Gasteiger partial charge in [-0.05, 0) is 36.0 Å². The standard InChI is InChI=1S/C23H23ClN2O3/c1-26-13-3-6-17(23(26)29)15-9-7-14(8-10-15)16-4-2-5-18(21(16)24)19-11-12-20(27)25-22(19)28/h2,4-5,7-10,17,19H,3,6,11-13H2,1H3,(H,25,27,28)/t17-,19?/m1/s1. The van der Waals surface area contributed by atoms with Crippen LogP contribution in [0, 0.1) is 0 Å². The summed E-state index contributed by atoms with van der Waals surface area (Å²) in [6, 6.07) is 13.6. The molecule has 150 valence electrons. The third-order valence-electron chi connectivity index (χ3n) is 5.93. The van der Waals surface area contributed by atoms with Crippen LogP contribution in [0.1, 0.15) is 48.6 Å². The molecule has 1 unspecified atom stereocenters. The van der Waals surface area contributed by atoms with Crippen molar-refractivity contribution in [2.75, 3.05) is 13.6 Å². The quantitative estimate of drug-likeness (QED) is 0.781. The molecule has 2 aromatic rings. The zero-order valence-corrected chi connectivity index (χ0v) is 17.0. The molecule has 2 atom stereocenters. The summed E-state index contributed by atoms with van der Waals surface area (Å²) in [6.45, 7) is 0.816. The van der Waals surface area contributed by atoms with E-state index in [9.17, 15) is 14.4 Å². The molecule has 2 aromatic carbocycles. The first kappa shape index (κ1) is 19.6. The maximum Gasteiger partial charge on any atom is 0.234 e. The third kappa shape index (κ3) is 3.79. The smallest absolute Gasteiger partial charge is 0.234 e. The van der Waals surface area contributed by atoms with Gasteiger partial charge in [-0.1, -0.05) is 54.1 Å². The zero-order chi connectivity index (χ0) is 20.5. The van der Waals surface area contributed by atoms with Crippen molar-refractivity contribution < 1.29 is 14.4 Å². The van der Waals surface area contributed by atoms with E-state index in [2.05, 4.69) is 5.32 Å². The Balaban J connectivity index is 1.61. The van der Waals surface area contributed by atoms with Crippen molar-refractivity contribution in [2.24, 2.45) is 0 Å². The Kier molecular flexibility index (Phi) is 5.41. The van der Waals surface area contributed by atoms with E-state index in [0.29, 0.717) is 17.9 Å². The lowest BCUT2D eigenvalue weighted by atomic mass is 9.87. The lowest BCUT2D eigenvalue weighted by Crippen LogP contribution is -2.39. The number of carbonyl (C=O) groups is 3. The molecule has 2 heterocycles. The van der Waals surface area contributed by atoms with Crippen LogP contribution in [0.3, 0.4) is 0 Å². The Morgan fingerprint density at radius 3 is 2.48 bits per heavy atom. The molecule has 2 aliphatic heterocycles. The molecule has 3 amide bonds. The second-order valence-corrected chi connectivity index (χ2v) is 8.17. The monoisotopic (exact) mass is 410 g/mol. The van der Waals surface area contributed by atoms with Crippen LogP contribution in [0.25, 0.3) is 11.1 Å². The highest BCUT2D eigenvalue weighted by atomic mass is 35.5. The largest absolute Gasteiger partial charge is 0.345 e. The summed E-state index contributed by atoms with van der Waals surface area (Å²) in [5, 5.41) is 2.92. The first-order valence-corrected chi connectivity index (χ1v) is 10.3. The van der Waals surface area contributed by atoms with Crippen LogP contribution in [-0.4, -0.2) is 36.2 Å². The molecule has 0 saturated carbocycles. The van der Waals surface area contributed by atoms with Crippen LogP contribution >= 0.6 is 11.6 Å². The first-order chi connectivity index (χ1) is 14.0. The van der Waals surface area contributed by atoms with Crippen LogP contribution in [0.4, 0.5) is 0 Å². The van der Waals surface area contributed by atoms with Crippen LogP contribution < -0.4 is 5.32 Å². The van der Waals surface area contributed by atoms with Crippen molar-refractivity contribution in [1.82, 2.24) is 10.2 Å². The van der Waals surface area contributed by atoms with E-state index in [4.69, 9.17) is 11.6 Å². The van der Waals surface area contributed by atoms with E-state index in [1.165, 1.54) is 0 Å². The Hall–Kier alpha value is -2.66. The molecule has 0 bridgehead atoms. The summed E-state index contributed by atoms with van der Waals surface area (Å²) in [6.07, 6.45) is 2.66. The van der Waals surface area contributed by atoms with Crippen molar-refractivity contribution in [2.45, 2.75) is 37.5 Å². The van der Waals surface area contributed by atoms with Gasteiger partial charge in [-0.3, -0.25) is 19.7 Å². The van der Waals surface area contributed by atoms with Crippen molar-refractivity contribution in [3.8, 4) is 11.1 Å². The Morgan fingerprint density at radius 1 is 1.00 bits per heavy atom. The predicted molar refractivity (Wildman–Crippen MR) is 112 cm³/mol. The zero-order valence-electron chi connectivity index (χ0n) is 16.3. The second kappa shape index (κ2) is 7.99. The molecule has 0 spiro atoms. The number of piperidine rings is 2. The first-order valence-electron chi connectivity index (χ1n) is 9.93. The number of amides is 3. The lowest BCUT2D eigenvalue weighted by Gasteiger charge is -2.29. The molecular formula is C23H23ClN2O3. The fraction of sp³-hybridized carbons (Fsp3) is 0.348. The molecule has 6 heteroatoms. The van der Waals surface area contributed by atoms with Gasteiger partial charge in [-0.2, -0.15) is 0 Å². The highest BCUT2D eigenvalue weighted by Gasteiger charge is 2.30. The van der Waals surface area contributed by atoms with Gasteiger partial charge in [0, 0.05) is 25.6 Å². The number of hydrogen-bond donors (Lipinski definition) is 1. The van der Waals surface area contributed by atoms with Crippen molar-refractivity contribution >= 4 is 29.3 Å².